The van der Waals surface area contributed by atoms with Gasteiger partial charge in [0.2, 0.25) is 5.91 Å². The Bertz CT molecular complexity index is 421. The van der Waals surface area contributed by atoms with Gasteiger partial charge in [-0.1, -0.05) is 11.6 Å². The number of methoxy groups -OCH3 is 1. The molecule has 0 aromatic heterocycles. The van der Waals surface area contributed by atoms with Gasteiger partial charge >= 0.3 is 0 Å². The number of halogens is 1. The zero-order valence-electron chi connectivity index (χ0n) is 11.2. The summed E-state index contributed by atoms with van der Waals surface area (Å²) in [6, 6.07) is 5.49. The van der Waals surface area contributed by atoms with E-state index in [4.69, 9.17) is 16.3 Å². The van der Waals surface area contributed by atoms with Gasteiger partial charge in [-0.3, -0.25) is 4.79 Å². The Hall–Kier alpha value is -1.42. The van der Waals surface area contributed by atoms with Crippen LogP contribution in [0.25, 0.3) is 0 Å². The third-order valence-corrected chi connectivity index (χ3v) is 2.81. The topological polar surface area (TPSA) is 41.6 Å². The van der Waals surface area contributed by atoms with E-state index in [1.54, 1.807) is 13.2 Å². The molecule has 0 bridgehead atoms. The highest BCUT2D eigenvalue weighted by molar-refractivity contribution is 6.21. The molecule has 1 N–H and O–H groups in total. The molecule has 18 heavy (non-hydrogen) atoms. The van der Waals surface area contributed by atoms with Crippen molar-refractivity contribution in [1.29, 1.82) is 0 Å². The fourth-order valence-corrected chi connectivity index (χ4v) is 2.05. The van der Waals surface area contributed by atoms with Crippen LogP contribution < -0.4 is 15.0 Å². The van der Waals surface area contributed by atoms with Crippen molar-refractivity contribution >= 4 is 28.9 Å². The van der Waals surface area contributed by atoms with Crippen LogP contribution in [0.1, 0.15) is 20.8 Å². The second-order valence-corrected chi connectivity index (χ2v) is 4.56. The number of hydrogen-bond donors (Lipinski definition) is 1. The maximum Gasteiger partial charge on any atom is 0.221 e. The molecule has 1 rings (SSSR count). The number of anilines is 2. The minimum atomic E-state index is -0.156. The van der Waals surface area contributed by atoms with Gasteiger partial charge in [-0.2, -0.15) is 0 Å². The van der Waals surface area contributed by atoms with E-state index in [0.29, 0.717) is 0 Å². The van der Waals surface area contributed by atoms with Crippen LogP contribution in [0.3, 0.4) is 0 Å². The molecule has 1 unspecified atom stereocenters. The average Bonchev–Trinajstić information content (AvgIpc) is 2.29. The maximum atomic E-state index is 11.1. The first-order valence-electron chi connectivity index (χ1n) is 5.86. The van der Waals surface area contributed by atoms with E-state index in [0.717, 1.165) is 23.7 Å². The van der Waals surface area contributed by atoms with E-state index in [9.17, 15) is 4.79 Å². The number of benzene rings is 1. The molecule has 0 heterocycles. The van der Waals surface area contributed by atoms with E-state index >= 15 is 0 Å². The Morgan fingerprint density at radius 3 is 2.67 bits per heavy atom. The molecule has 0 aliphatic rings. The molecule has 1 amide bonds. The predicted molar refractivity (Wildman–Crippen MR) is 75.6 cm³/mol. The monoisotopic (exact) mass is 270 g/mol. The number of nitrogens with zero attached hydrogens (tertiary/aromatic N) is 1. The first kappa shape index (κ1) is 14.6. The number of nitrogens with one attached hydrogen (secondary N) is 1. The predicted octanol–water partition coefficient (Wildman–Crippen LogP) is 3.06. The summed E-state index contributed by atoms with van der Waals surface area (Å²) in [4.78, 5) is 13.1. The number of ether oxygens (including phenoxy) is 1. The van der Waals surface area contributed by atoms with Crippen molar-refractivity contribution in [3.8, 4) is 5.75 Å². The third kappa shape index (κ3) is 3.53. The third-order valence-electron chi connectivity index (χ3n) is 2.58. The quantitative estimate of drug-likeness (QED) is 0.660. The minimum absolute atomic E-state index is 0.104. The van der Waals surface area contributed by atoms with Crippen molar-refractivity contribution in [3.63, 3.8) is 0 Å². The summed E-state index contributed by atoms with van der Waals surface area (Å²) < 4.78 is 5.33. The lowest BCUT2D eigenvalue weighted by atomic mass is 10.2. The number of carbonyl (C=O) groups is 1. The first-order chi connectivity index (χ1) is 8.49. The first-order valence-corrected chi connectivity index (χ1v) is 6.29. The molecule has 1 aromatic carbocycles. The molecule has 0 spiro atoms. The lowest BCUT2D eigenvalue weighted by molar-refractivity contribution is -0.114. The maximum absolute atomic E-state index is 11.1. The molecule has 5 heteroatoms. The van der Waals surface area contributed by atoms with Crippen molar-refractivity contribution in [2.75, 3.05) is 23.9 Å². The molecule has 1 aromatic rings. The number of amides is 1. The highest BCUT2D eigenvalue weighted by atomic mass is 35.5. The molecule has 0 saturated carbocycles. The number of carbonyl (C=O) groups excluding carboxylic acids is 1. The fraction of sp³-hybridized carbons (Fsp3) is 0.462. The largest absolute Gasteiger partial charge is 0.495 e. The van der Waals surface area contributed by atoms with Crippen molar-refractivity contribution in [2.24, 2.45) is 0 Å². The van der Waals surface area contributed by atoms with Crippen LogP contribution in [0.2, 0.25) is 0 Å². The Balaban J connectivity index is 3.16. The van der Waals surface area contributed by atoms with E-state index in [1.807, 2.05) is 30.9 Å². The molecule has 4 nitrogen and oxygen atoms in total. The van der Waals surface area contributed by atoms with E-state index in [1.165, 1.54) is 6.92 Å². The van der Waals surface area contributed by atoms with Gasteiger partial charge in [0, 0.05) is 19.2 Å². The number of hydrogen-bond acceptors (Lipinski definition) is 3. The van der Waals surface area contributed by atoms with Crippen LogP contribution in [-0.2, 0) is 4.79 Å². The van der Waals surface area contributed by atoms with Crippen LogP contribution in [0.15, 0.2) is 18.2 Å². The van der Waals surface area contributed by atoms with Crippen molar-refractivity contribution in [3.05, 3.63) is 18.2 Å². The summed E-state index contributed by atoms with van der Waals surface area (Å²) in [5, 5.41) is 2.75. The number of alkyl halides is 1. The lowest BCUT2D eigenvalue weighted by Crippen LogP contribution is -2.29. The molecule has 100 valence electrons. The Labute approximate surface area is 113 Å². The molecule has 0 aliphatic carbocycles. The summed E-state index contributed by atoms with van der Waals surface area (Å²) in [5.74, 6) is 0.631. The molecule has 0 fully saturated rings. The SMILES string of the molecule is CCN(c1cc(NC(C)=O)ccc1OC)C(C)Cl. The average molecular weight is 271 g/mol. The van der Waals surface area contributed by atoms with Crippen LogP contribution in [0, 0.1) is 0 Å². The molecule has 0 radical (unpaired) electrons. The summed E-state index contributed by atoms with van der Waals surface area (Å²) in [5.41, 5.74) is 1.44. The molecule has 1 atom stereocenters. The molecule has 0 aliphatic heterocycles. The molecular weight excluding hydrogens is 252 g/mol. The van der Waals surface area contributed by atoms with Gasteiger partial charge in [0.1, 0.15) is 11.3 Å². The Morgan fingerprint density at radius 2 is 2.22 bits per heavy atom. The second-order valence-electron chi connectivity index (χ2n) is 3.93. The van der Waals surface area contributed by atoms with Crippen molar-refractivity contribution in [1.82, 2.24) is 0 Å². The number of rotatable bonds is 5. The smallest absolute Gasteiger partial charge is 0.221 e. The summed E-state index contributed by atoms with van der Waals surface area (Å²) >= 11 is 6.15. The van der Waals surface area contributed by atoms with Gasteiger partial charge in [0.05, 0.1) is 12.8 Å². The highest BCUT2D eigenvalue weighted by Gasteiger charge is 2.15. The van der Waals surface area contributed by atoms with Crippen LogP contribution in [-0.4, -0.2) is 25.1 Å². The normalized spacial score (nSPS) is 11.8. The fourth-order valence-electron chi connectivity index (χ4n) is 1.81. The summed E-state index contributed by atoms with van der Waals surface area (Å²) in [7, 11) is 1.61. The minimum Gasteiger partial charge on any atom is -0.495 e. The zero-order chi connectivity index (χ0) is 13.7. The van der Waals surface area contributed by atoms with Crippen molar-refractivity contribution in [2.45, 2.75) is 26.3 Å². The van der Waals surface area contributed by atoms with E-state index in [-0.39, 0.29) is 11.4 Å². The van der Waals surface area contributed by atoms with E-state index < -0.39 is 0 Å². The van der Waals surface area contributed by atoms with Gasteiger partial charge < -0.3 is 15.0 Å². The standard InChI is InChI=1S/C13H19ClN2O2/c1-5-16(9(2)14)12-8-11(15-10(3)17)6-7-13(12)18-4/h6-9H,5H2,1-4H3,(H,15,17). The molecular formula is C13H19ClN2O2. The van der Waals surface area contributed by atoms with E-state index in [2.05, 4.69) is 5.32 Å². The van der Waals surface area contributed by atoms with Gasteiger partial charge in [0.25, 0.3) is 0 Å². The van der Waals surface area contributed by atoms with Gasteiger partial charge in [-0.25, -0.2) is 0 Å². The van der Waals surface area contributed by atoms with Crippen LogP contribution in [0.4, 0.5) is 11.4 Å². The van der Waals surface area contributed by atoms with Crippen LogP contribution >= 0.6 is 11.6 Å². The highest BCUT2D eigenvalue weighted by Crippen LogP contribution is 2.33. The van der Waals surface area contributed by atoms with Crippen LogP contribution in [0.5, 0.6) is 5.75 Å². The van der Waals surface area contributed by atoms with Gasteiger partial charge in [0.15, 0.2) is 0 Å². The molecule has 0 saturated heterocycles. The zero-order valence-corrected chi connectivity index (χ0v) is 11.9. The Morgan fingerprint density at radius 1 is 1.56 bits per heavy atom. The summed E-state index contributed by atoms with van der Waals surface area (Å²) in [6.07, 6.45) is 0. The lowest BCUT2D eigenvalue weighted by Gasteiger charge is -2.27. The van der Waals surface area contributed by atoms with Gasteiger partial charge in [-0.05, 0) is 32.0 Å². The Kier molecular flexibility index (Phi) is 5.28. The summed E-state index contributed by atoms with van der Waals surface area (Å²) in [6.45, 7) is 6.15. The van der Waals surface area contributed by atoms with Gasteiger partial charge in [-0.15, -0.1) is 0 Å². The van der Waals surface area contributed by atoms with Crippen molar-refractivity contribution < 1.29 is 9.53 Å². The second kappa shape index (κ2) is 6.50.